The summed E-state index contributed by atoms with van der Waals surface area (Å²) in [7, 11) is 0. The Morgan fingerprint density at radius 1 is 1.18 bits per heavy atom. The van der Waals surface area contributed by atoms with E-state index in [1.54, 1.807) is 18.5 Å². The van der Waals surface area contributed by atoms with Crippen LogP contribution in [0.3, 0.4) is 0 Å². The zero-order valence-electron chi connectivity index (χ0n) is 15.2. The van der Waals surface area contributed by atoms with Crippen LogP contribution in [0.4, 0.5) is 0 Å². The van der Waals surface area contributed by atoms with E-state index < -0.39 is 0 Å². The number of nitrogens with zero attached hydrogens (tertiary/aromatic N) is 7. The third-order valence-corrected chi connectivity index (χ3v) is 6.04. The molecule has 0 N–H and O–H groups in total. The van der Waals surface area contributed by atoms with Gasteiger partial charge in [-0.25, -0.2) is 15.0 Å². The van der Waals surface area contributed by atoms with Gasteiger partial charge in [0.25, 0.3) is 5.91 Å². The monoisotopic (exact) mass is 391 g/mol. The Labute approximate surface area is 164 Å². The van der Waals surface area contributed by atoms with E-state index in [2.05, 4.69) is 25.1 Å². The molecule has 0 bridgehead atoms. The minimum atomic E-state index is -0.0946. The number of likely N-dealkylation sites (tertiary alicyclic amines) is 1. The van der Waals surface area contributed by atoms with Crippen LogP contribution in [0.25, 0.3) is 16.5 Å². The number of thiazole rings is 1. The Hall–Kier alpha value is -3.20. The first-order valence-corrected chi connectivity index (χ1v) is 9.89. The molecule has 1 amide bonds. The second kappa shape index (κ2) is 6.75. The van der Waals surface area contributed by atoms with Gasteiger partial charge in [-0.05, 0) is 38.0 Å². The van der Waals surface area contributed by atoms with Gasteiger partial charge in [0, 0.05) is 25.1 Å². The molecule has 9 heteroatoms. The van der Waals surface area contributed by atoms with E-state index in [1.165, 1.54) is 11.3 Å². The molecule has 140 valence electrons. The molecule has 0 saturated carbocycles. The van der Waals surface area contributed by atoms with E-state index in [0.29, 0.717) is 27.9 Å². The normalized spacial score (nSPS) is 16.8. The van der Waals surface area contributed by atoms with Crippen molar-refractivity contribution in [2.45, 2.75) is 25.8 Å². The quantitative estimate of drug-likeness (QED) is 0.533. The third-order valence-electron chi connectivity index (χ3n) is 4.90. The summed E-state index contributed by atoms with van der Waals surface area (Å²) in [6, 6.07) is 7.45. The van der Waals surface area contributed by atoms with Crippen molar-refractivity contribution in [2.75, 3.05) is 6.54 Å². The molecule has 1 unspecified atom stereocenters. The molecule has 1 atom stereocenters. The fourth-order valence-corrected chi connectivity index (χ4v) is 4.57. The van der Waals surface area contributed by atoms with Gasteiger partial charge < -0.3 is 4.90 Å². The van der Waals surface area contributed by atoms with E-state index in [9.17, 15) is 4.79 Å². The number of fused-ring (bicyclic) bond motifs is 1. The van der Waals surface area contributed by atoms with Crippen molar-refractivity contribution in [2.24, 2.45) is 0 Å². The second-order valence-electron chi connectivity index (χ2n) is 6.65. The molecule has 4 aromatic rings. The summed E-state index contributed by atoms with van der Waals surface area (Å²) < 4.78 is 1.96. The topological polar surface area (TPSA) is 89.2 Å². The first kappa shape index (κ1) is 16.9. The van der Waals surface area contributed by atoms with Crippen LogP contribution >= 0.6 is 11.3 Å². The lowest BCUT2D eigenvalue weighted by molar-refractivity contribution is 0.0733. The van der Waals surface area contributed by atoms with Gasteiger partial charge >= 0.3 is 0 Å². The number of carbonyl (C=O) groups excluding carboxylic acids is 1. The van der Waals surface area contributed by atoms with Crippen molar-refractivity contribution >= 4 is 22.9 Å². The number of hydrogen-bond donors (Lipinski definition) is 0. The molecular formula is C19H17N7OS. The molecule has 1 aliphatic heterocycles. The lowest BCUT2D eigenvalue weighted by Gasteiger charge is -2.23. The minimum absolute atomic E-state index is 0.0210. The molecular weight excluding hydrogens is 374 g/mol. The fraction of sp³-hybridized carbons (Fsp3) is 0.263. The molecule has 1 aliphatic rings. The van der Waals surface area contributed by atoms with Crippen molar-refractivity contribution in [1.29, 1.82) is 0 Å². The van der Waals surface area contributed by atoms with Crippen molar-refractivity contribution < 1.29 is 4.79 Å². The van der Waals surface area contributed by atoms with Crippen molar-refractivity contribution in [3.05, 3.63) is 59.3 Å². The molecule has 0 aromatic carbocycles. The lowest BCUT2D eigenvalue weighted by Crippen LogP contribution is -2.31. The van der Waals surface area contributed by atoms with Crippen molar-refractivity contribution in [3.63, 3.8) is 0 Å². The number of aryl methyl sites for hydroxylation is 1. The standard InChI is InChI=1S/C19H17N7OS/c1-12-15(28-18(22-12)16-20-8-5-9-21-16)19(27)25-11-4-6-13(25)17-24-23-14-7-2-3-10-26(14)17/h2-3,5,7-10,13H,4,6,11H2,1H3. The Bertz CT molecular complexity index is 1150. The molecule has 0 aliphatic carbocycles. The van der Waals surface area contributed by atoms with Gasteiger partial charge in [-0.2, -0.15) is 0 Å². The average Bonchev–Trinajstić information content (AvgIpc) is 3.45. The van der Waals surface area contributed by atoms with Gasteiger partial charge in [0.1, 0.15) is 4.88 Å². The summed E-state index contributed by atoms with van der Waals surface area (Å²) in [5, 5.41) is 9.26. The highest BCUT2D eigenvalue weighted by molar-refractivity contribution is 7.17. The summed E-state index contributed by atoms with van der Waals surface area (Å²) >= 11 is 1.34. The summed E-state index contributed by atoms with van der Waals surface area (Å²) in [6.07, 6.45) is 7.09. The smallest absolute Gasteiger partial charge is 0.266 e. The molecule has 28 heavy (non-hydrogen) atoms. The minimum Gasteiger partial charge on any atom is -0.328 e. The van der Waals surface area contributed by atoms with Crippen LogP contribution in [-0.2, 0) is 0 Å². The predicted octanol–water partition coefficient (Wildman–Crippen LogP) is 2.93. The lowest BCUT2D eigenvalue weighted by atomic mass is 10.2. The van der Waals surface area contributed by atoms with Gasteiger partial charge in [-0.15, -0.1) is 21.5 Å². The van der Waals surface area contributed by atoms with Gasteiger partial charge in [-0.1, -0.05) is 6.07 Å². The maximum absolute atomic E-state index is 13.4. The van der Waals surface area contributed by atoms with Crippen LogP contribution in [0.1, 0.15) is 40.1 Å². The number of aromatic nitrogens is 6. The van der Waals surface area contributed by atoms with Gasteiger partial charge in [0.15, 0.2) is 22.3 Å². The SMILES string of the molecule is Cc1nc(-c2ncccn2)sc1C(=O)N1CCCC1c1nnc2ccccn12. The van der Waals surface area contributed by atoms with E-state index in [1.807, 2.05) is 40.6 Å². The molecule has 0 spiro atoms. The van der Waals surface area contributed by atoms with Crippen molar-refractivity contribution in [1.82, 2.24) is 34.4 Å². The Morgan fingerprint density at radius 2 is 2.04 bits per heavy atom. The zero-order chi connectivity index (χ0) is 19.1. The fourth-order valence-electron chi connectivity index (χ4n) is 3.60. The Morgan fingerprint density at radius 3 is 2.89 bits per heavy atom. The van der Waals surface area contributed by atoms with Crippen LogP contribution in [0.5, 0.6) is 0 Å². The maximum Gasteiger partial charge on any atom is 0.266 e. The highest BCUT2D eigenvalue weighted by Crippen LogP contribution is 2.35. The number of amides is 1. The second-order valence-corrected chi connectivity index (χ2v) is 7.65. The number of rotatable bonds is 3. The summed E-state index contributed by atoms with van der Waals surface area (Å²) in [4.78, 5) is 28.9. The first-order valence-electron chi connectivity index (χ1n) is 9.08. The maximum atomic E-state index is 13.4. The Balaban J connectivity index is 1.49. The molecule has 8 nitrogen and oxygen atoms in total. The Kier molecular flexibility index (Phi) is 4.09. The predicted molar refractivity (Wildman–Crippen MR) is 104 cm³/mol. The molecule has 1 fully saturated rings. The van der Waals surface area contributed by atoms with Crippen LogP contribution in [-0.4, -0.2) is 46.9 Å². The van der Waals surface area contributed by atoms with Gasteiger partial charge in [0.05, 0.1) is 11.7 Å². The number of carbonyl (C=O) groups is 1. The molecule has 4 aromatic heterocycles. The largest absolute Gasteiger partial charge is 0.328 e. The van der Waals surface area contributed by atoms with E-state index in [4.69, 9.17) is 0 Å². The summed E-state index contributed by atoms with van der Waals surface area (Å²) in [6.45, 7) is 2.55. The van der Waals surface area contributed by atoms with Crippen LogP contribution in [0, 0.1) is 6.92 Å². The van der Waals surface area contributed by atoms with Crippen LogP contribution in [0.2, 0.25) is 0 Å². The van der Waals surface area contributed by atoms with E-state index in [-0.39, 0.29) is 11.9 Å². The van der Waals surface area contributed by atoms with Crippen molar-refractivity contribution in [3.8, 4) is 10.8 Å². The molecule has 5 heterocycles. The number of pyridine rings is 1. The van der Waals surface area contributed by atoms with Gasteiger partial charge in [0.2, 0.25) is 0 Å². The van der Waals surface area contributed by atoms with Crippen LogP contribution < -0.4 is 0 Å². The molecule has 5 rings (SSSR count). The number of hydrogen-bond acceptors (Lipinski definition) is 7. The average molecular weight is 391 g/mol. The third kappa shape index (κ3) is 2.75. The highest BCUT2D eigenvalue weighted by Gasteiger charge is 2.35. The van der Waals surface area contributed by atoms with Gasteiger partial charge in [-0.3, -0.25) is 9.20 Å². The molecule has 1 saturated heterocycles. The first-order chi connectivity index (χ1) is 13.7. The summed E-state index contributed by atoms with van der Waals surface area (Å²) in [5.41, 5.74) is 1.49. The summed E-state index contributed by atoms with van der Waals surface area (Å²) in [5.74, 6) is 1.32. The molecule has 0 radical (unpaired) electrons. The van der Waals surface area contributed by atoms with E-state index >= 15 is 0 Å². The van der Waals surface area contributed by atoms with Crippen LogP contribution in [0.15, 0.2) is 42.9 Å². The highest BCUT2D eigenvalue weighted by atomic mass is 32.1. The van der Waals surface area contributed by atoms with E-state index in [0.717, 1.165) is 24.3 Å². The zero-order valence-corrected chi connectivity index (χ0v) is 16.0.